The quantitative estimate of drug-likeness (QED) is 0.0254. The number of aromatic hydroxyl groups is 1. The Morgan fingerprint density at radius 3 is 2.00 bits per heavy atom. The average Bonchev–Trinajstić information content (AvgIpc) is 1.98. The standard InChI is InChI=1S/C24H26F2N4O3Si.C21H18F2N4O4.C13H18O5S.2CH4/c1-15-11-17(31)6-7-18(15)22-19-13-27-24(33-21-8-5-16(25)12-20(21)26)28-23(19)30(29-22)14-32-9-10-34(2,3)4;1-11-6-14(30-10-13(29)9-28)3-4-15(11)19-16-8-24-21(25-20(16)27-26-19)31-18-5-2-12(22)7-17(18)23;1-10-4-6-12(7-5-10)19(14,15)17-9-11-8-16-13(2,3)18-11;;/h5-8,11-13,31H,9-10,14H2,1-4H3;2-8,13,28-29H,9-10H2,1H3,(H,24,25,26,27);4-7,11H,8-9H2,1-3H3;2*1H4. The van der Waals surface area contributed by atoms with Crippen molar-refractivity contribution in [1.82, 2.24) is 39.9 Å². The summed E-state index contributed by atoms with van der Waals surface area (Å²) in [6.45, 7) is 16.7. The molecule has 460 valence electrons. The molecule has 26 heteroatoms. The molecule has 9 aromatic rings. The maximum Gasteiger partial charge on any atom is 0.324 e. The van der Waals surface area contributed by atoms with Crippen LogP contribution in [0.25, 0.3) is 44.6 Å². The van der Waals surface area contributed by atoms with Gasteiger partial charge in [0.25, 0.3) is 10.1 Å². The second-order valence-corrected chi connectivity index (χ2v) is 28.3. The van der Waals surface area contributed by atoms with Crippen LogP contribution in [-0.2, 0) is 35.2 Å². The van der Waals surface area contributed by atoms with Crippen molar-refractivity contribution in [1.29, 1.82) is 0 Å². The van der Waals surface area contributed by atoms with Crippen LogP contribution in [0.4, 0.5) is 17.6 Å². The number of hydrogen-bond acceptors (Lipinski definition) is 18. The third kappa shape index (κ3) is 17.8. The maximum absolute atomic E-state index is 14.1. The Labute approximate surface area is 496 Å². The first-order valence-electron chi connectivity index (χ1n) is 26.2. The van der Waals surface area contributed by atoms with Gasteiger partial charge < -0.3 is 43.7 Å². The van der Waals surface area contributed by atoms with E-state index < -0.39 is 53.4 Å². The van der Waals surface area contributed by atoms with Gasteiger partial charge >= 0.3 is 12.0 Å². The number of fused-ring (bicyclic) bond motifs is 2. The molecular formula is C60H70F4N8O12SSi. The minimum absolute atomic E-state index is 0. The van der Waals surface area contributed by atoms with Crippen LogP contribution in [-0.4, -0.2) is 123 Å². The van der Waals surface area contributed by atoms with Crippen molar-refractivity contribution in [3.63, 3.8) is 0 Å². The van der Waals surface area contributed by atoms with Gasteiger partial charge in [0.15, 0.2) is 40.2 Å². The number of ether oxygens (including phenoxy) is 6. The second-order valence-electron chi connectivity index (χ2n) is 21.1. The van der Waals surface area contributed by atoms with Gasteiger partial charge in [-0.2, -0.15) is 28.6 Å². The third-order valence-corrected chi connectivity index (χ3v) is 15.5. The summed E-state index contributed by atoms with van der Waals surface area (Å²) in [7, 11) is -4.99. The van der Waals surface area contributed by atoms with Crippen molar-refractivity contribution in [3.8, 4) is 57.5 Å². The van der Waals surface area contributed by atoms with Crippen molar-refractivity contribution in [2.24, 2.45) is 0 Å². The number of aromatic amines is 1. The molecule has 0 amide bonds. The smallest absolute Gasteiger partial charge is 0.324 e. The normalized spacial score (nSPS) is 14.0. The topological polar surface area (TPSA) is 258 Å². The molecule has 5 heterocycles. The van der Waals surface area contributed by atoms with Gasteiger partial charge in [-0.1, -0.05) is 52.2 Å². The van der Waals surface area contributed by atoms with Crippen molar-refractivity contribution in [2.75, 3.05) is 33.0 Å². The molecule has 4 N–H and O–H groups in total. The van der Waals surface area contributed by atoms with E-state index in [-0.39, 0.29) is 81.7 Å². The van der Waals surface area contributed by atoms with Gasteiger partial charge in [0, 0.05) is 50.3 Å². The fourth-order valence-electron chi connectivity index (χ4n) is 8.11. The van der Waals surface area contributed by atoms with E-state index in [0.29, 0.717) is 58.5 Å². The highest BCUT2D eigenvalue weighted by atomic mass is 32.2. The van der Waals surface area contributed by atoms with E-state index in [2.05, 4.69) is 49.8 Å². The molecule has 4 aromatic heterocycles. The molecule has 0 aliphatic carbocycles. The van der Waals surface area contributed by atoms with Gasteiger partial charge in [-0.3, -0.25) is 9.28 Å². The first kappa shape index (κ1) is 67.2. The third-order valence-electron chi connectivity index (χ3n) is 12.5. The van der Waals surface area contributed by atoms with E-state index >= 15 is 0 Å². The zero-order valence-corrected chi connectivity index (χ0v) is 48.9. The van der Waals surface area contributed by atoms with Crippen molar-refractivity contribution in [2.45, 2.75) is 105 Å². The molecule has 1 aliphatic rings. The Morgan fingerprint density at radius 2 is 1.42 bits per heavy atom. The van der Waals surface area contributed by atoms with E-state index in [1.54, 1.807) is 67.2 Å². The number of nitrogens with one attached hydrogen (secondary N) is 1. The van der Waals surface area contributed by atoms with E-state index in [1.165, 1.54) is 24.4 Å². The lowest BCUT2D eigenvalue weighted by atomic mass is 10.0. The Hall–Kier alpha value is -7.95. The minimum Gasteiger partial charge on any atom is -0.508 e. The zero-order chi connectivity index (χ0) is 60.5. The molecule has 1 fully saturated rings. The van der Waals surface area contributed by atoms with E-state index in [0.717, 1.165) is 58.1 Å². The fourth-order valence-corrected chi connectivity index (χ4v) is 9.81. The average molecular weight is 1230 g/mol. The highest BCUT2D eigenvalue weighted by molar-refractivity contribution is 7.86. The number of aliphatic hydroxyl groups excluding tert-OH is 2. The van der Waals surface area contributed by atoms with E-state index in [4.69, 9.17) is 42.8 Å². The van der Waals surface area contributed by atoms with Gasteiger partial charge in [-0.15, -0.1) is 0 Å². The van der Waals surface area contributed by atoms with Gasteiger partial charge in [0.2, 0.25) is 0 Å². The minimum atomic E-state index is -3.74. The van der Waals surface area contributed by atoms with E-state index in [9.17, 15) is 36.2 Å². The molecule has 0 bridgehead atoms. The highest BCUT2D eigenvalue weighted by Gasteiger charge is 2.34. The SMILES string of the molecule is C.C.Cc1cc(O)ccc1-c1nn(COCC[Si](C)(C)C)c2nc(Oc3ccc(F)cc3F)ncc12.Cc1cc(OCC(O)CO)ccc1-c1[nH]nc2nc(Oc3ccc(F)cc3F)ncc12.Cc1ccc(S(=O)(=O)OCC2COC(C)(C)O2)cc1. The molecule has 20 nitrogen and oxygen atoms in total. The summed E-state index contributed by atoms with van der Waals surface area (Å²) in [5.74, 6) is -3.50. The van der Waals surface area contributed by atoms with Crippen molar-refractivity contribution < 1.29 is 73.9 Å². The number of benzene rings is 5. The van der Waals surface area contributed by atoms with E-state index in [1.807, 2.05) is 26.8 Å². The molecule has 0 radical (unpaired) electrons. The molecular weight excluding hydrogens is 1160 g/mol. The monoisotopic (exact) mass is 1230 g/mol. The molecule has 2 unspecified atom stereocenters. The summed E-state index contributed by atoms with van der Waals surface area (Å²) in [5, 5.41) is 41.1. The largest absolute Gasteiger partial charge is 0.508 e. The van der Waals surface area contributed by atoms with Gasteiger partial charge in [0.05, 0.1) is 41.2 Å². The number of aromatic nitrogens is 8. The van der Waals surface area contributed by atoms with Crippen LogP contribution >= 0.6 is 0 Å². The molecule has 5 aromatic carbocycles. The fraction of sp³-hybridized carbons (Fsp3) is 0.333. The number of phenols is 1. The van der Waals surface area contributed by atoms with Gasteiger partial charge in [0.1, 0.15) is 54.4 Å². The Kier molecular flexibility index (Phi) is 22.6. The highest BCUT2D eigenvalue weighted by Crippen LogP contribution is 2.35. The Morgan fingerprint density at radius 1 is 0.802 bits per heavy atom. The van der Waals surface area contributed by atoms with Crippen molar-refractivity contribution >= 4 is 40.3 Å². The predicted molar refractivity (Wildman–Crippen MR) is 317 cm³/mol. The summed E-state index contributed by atoms with van der Waals surface area (Å²) < 4.78 is 118. The number of H-pyrrole nitrogens is 1. The van der Waals surface area contributed by atoms with Crippen LogP contribution in [0.2, 0.25) is 25.7 Å². The summed E-state index contributed by atoms with van der Waals surface area (Å²) in [6, 6.07) is 23.6. The Bertz CT molecular complexity index is 3870. The molecule has 2 atom stereocenters. The van der Waals surface area contributed by atoms with Gasteiger partial charge in [-0.25, -0.2) is 32.2 Å². The molecule has 0 spiro atoms. The number of halogens is 4. The van der Waals surface area contributed by atoms with Crippen LogP contribution < -0.4 is 14.2 Å². The van der Waals surface area contributed by atoms with Crippen molar-refractivity contribution in [3.05, 3.63) is 149 Å². The summed E-state index contributed by atoms with van der Waals surface area (Å²) in [6.07, 6.45) is 1.73. The lowest BCUT2D eigenvalue weighted by molar-refractivity contribution is -0.141. The number of aryl methyl sites for hydroxylation is 3. The summed E-state index contributed by atoms with van der Waals surface area (Å²) >= 11 is 0. The number of rotatable bonds is 19. The Balaban J connectivity index is 0.000000212. The van der Waals surface area contributed by atoms with Crippen LogP contribution in [0.1, 0.15) is 45.4 Å². The predicted octanol–water partition coefficient (Wildman–Crippen LogP) is 12.1. The summed E-state index contributed by atoms with van der Waals surface area (Å²) in [4.78, 5) is 17.1. The number of hydrogen-bond donors (Lipinski definition) is 4. The molecule has 86 heavy (non-hydrogen) atoms. The first-order valence-corrected chi connectivity index (χ1v) is 31.3. The number of aliphatic hydroxyl groups is 2. The van der Waals surface area contributed by atoms with Crippen LogP contribution in [0.3, 0.4) is 0 Å². The second kappa shape index (κ2) is 29.0. The zero-order valence-electron chi connectivity index (χ0n) is 47.1. The van der Waals surface area contributed by atoms with Crippen LogP contribution in [0, 0.1) is 44.0 Å². The van der Waals surface area contributed by atoms with Crippen LogP contribution in [0.15, 0.2) is 114 Å². The van der Waals surface area contributed by atoms with Crippen LogP contribution in [0.5, 0.6) is 35.0 Å². The molecule has 10 rings (SSSR count). The number of phenolic OH excluding ortho intramolecular Hbond substituents is 1. The first-order chi connectivity index (χ1) is 39.8. The lowest BCUT2D eigenvalue weighted by Crippen LogP contribution is -2.25. The maximum atomic E-state index is 14.1. The molecule has 1 aliphatic heterocycles. The van der Waals surface area contributed by atoms with Gasteiger partial charge in [-0.05, 0) is 125 Å². The lowest BCUT2D eigenvalue weighted by Gasteiger charge is -2.16. The number of nitrogens with zero attached hydrogens (tertiary/aromatic N) is 7. The molecule has 0 saturated carbocycles. The summed E-state index contributed by atoms with van der Waals surface area (Å²) in [5.41, 5.74) is 6.40. The molecule has 1 saturated heterocycles.